The molecule has 18 aromatic rings. The van der Waals surface area contributed by atoms with E-state index < -0.39 is 0 Å². The van der Waals surface area contributed by atoms with Gasteiger partial charge < -0.3 is 9.80 Å². The summed E-state index contributed by atoms with van der Waals surface area (Å²) < 4.78 is 5.27. The fourth-order valence-corrected chi connectivity index (χ4v) is 16.4. The highest BCUT2D eigenvalue weighted by atomic mass is 32.1. The second-order valence-corrected chi connectivity index (χ2v) is 27.2. The van der Waals surface area contributed by atoms with Crippen LogP contribution in [0.25, 0.3) is 129 Å². The number of benzene rings is 16. The first-order valence-electron chi connectivity index (χ1n) is 34.0. The van der Waals surface area contributed by atoms with Gasteiger partial charge in [0.1, 0.15) is 0 Å². The summed E-state index contributed by atoms with van der Waals surface area (Å²) in [7, 11) is 0. The van der Waals surface area contributed by atoms with Crippen molar-refractivity contribution in [1.82, 2.24) is 0 Å². The fourth-order valence-electron chi connectivity index (χ4n) is 14.0. The average Bonchev–Trinajstić information content (AvgIpc) is 1.57. The second-order valence-electron chi connectivity index (χ2n) is 25.1. The standard InChI is InChI=1S/2C48H33NS/c1-4-14-34(15-5-1)36-24-28-40(29-25-36)49(46-22-12-10-20-42(46)37-18-8-3-9-19-37)41-30-26-38(27-31-41)44-32-39(35-16-6-2-7-17-35)33-45-43-21-11-13-23-47(43)50-48(44)45;1-4-12-34(13-5-1)36-20-22-37(23-21-36)38-24-28-42(29-25-38)49(41-16-8-3-9-17-41)43-30-26-39(27-31-43)45-32-40(35-14-6-2-7-15-35)33-46-44-18-10-11-19-47(44)50-48(45)46/h2*1-33H. The molecule has 0 fully saturated rings. The summed E-state index contributed by atoms with van der Waals surface area (Å²) in [4.78, 5) is 4.72. The highest BCUT2D eigenvalue weighted by molar-refractivity contribution is 7.26. The molecule has 2 nitrogen and oxygen atoms in total. The number of rotatable bonds is 14. The lowest BCUT2D eigenvalue weighted by atomic mass is 9.95. The van der Waals surface area contributed by atoms with Crippen molar-refractivity contribution in [2.75, 3.05) is 9.80 Å². The maximum absolute atomic E-state index is 2.39. The van der Waals surface area contributed by atoms with Gasteiger partial charge in [0.15, 0.2) is 0 Å². The minimum absolute atomic E-state index is 1.11. The molecule has 0 unspecified atom stereocenters. The lowest BCUT2D eigenvalue weighted by molar-refractivity contribution is 1.28. The molecule has 0 radical (unpaired) electrons. The summed E-state index contributed by atoms with van der Waals surface area (Å²) in [6.45, 7) is 0. The van der Waals surface area contributed by atoms with Gasteiger partial charge in [0.25, 0.3) is 0 Å². The predicted octanol–water partition coefficient (Wildman–Crippen LogP) is 28.4. The Kier molecular flexibility index (Phi) is 16.9. The SMILES string of the molecule is c1ccc(-c2ccc(-c3ccc(N(c4ccccc4)c4ccc(-c5cc(-c6ccccc6)cc6c5sc5ccccc56)cc4)cc3)cc2)cc1.c1ccc(-c2ccc(N(c3ccc(-c4cc(-c5ccccc5)cc5c4sc4ccccc45)cc3)c3ccccc3-c3ccccc3)cc2)cc1. The molecular formula is C96H66N2S2. The monoisotopic (exact) mass is 1310 g/mol. The third kappa shape index (κ3) is 12.4. The zero-order chi connectivity index (χ0) is 66.6. The van der Waals surface area contributed by atoms with Gasteiger partial charge in [-0.05, 0) is 175 Å². The van der Waals surface area contributed by atoms with Crippen LogP contribution in [0, 0.1) is 0 Å². The van der Waals surface area contributed by atoms with Crippen molar-refractivity contribution >= 4 is 97.1 Å². The molecule has 0 saturated carbocycles. The molecule has 0 atom stereocenters. The number of anilines is 6. The molecular weight excluding hydrogens is 1250 g/mol. The molecule has 0 spiro atoms. The zero-order valence-electron chi connectivity index (χ0n) is 54.8. The molecule has 16 aromatic carbocycles. The summed E-state index contributed by atoms with van der Waals surface area (Å²) >= 11 is 3.76. The molecule has 472 valence electrons. The van der Waals surface area contributed by atoms with Crippen LogP contribution in [-0.4, -0.2) is 0 Å². The van der Waals surface area contributed by atoms with Crippen LogP contribution in [0.5, 0.6) is 0 Å². The molecule has 0 amide bonds. The van der Waals surface area contributed by atoms with Crippen LogP contribution >= 0.6 is 22.7 Å². The van der Waals surface area contributed by atoms with E-state index in [-0.39, 0.29) is 0 Å². The number of hydrogen-bond acceptors (Lipinski definition) is 4. The molecule has 0 saturated heterocycles. The zero-order valence-corrected chi connectivity index (χ0v) is 56.4. The minimum Gasteiger partial charge on any atom is -0.311 e. The molecule has 4 heteroatoms. The van der Waals surface area contributed by atoms with Crippen molar-refractivity contribution in [2.24, 2.45) is 0 Å². The summed E-state index contributed by atoms with van der Waals surface area (Å²) in [5.74, 6) is 0. The van der Waals surface area contributed by atoms with Crippen molar-refractivity contribution in [3.63, 3.8) is 0 Å². The Hall–Kier alpha value is -12.4. The van der Waals surface area contributed by atoms with Gasteiger partial charge in [-0.15, -0.1) is 22.7 Å². The Balaban J connectivity index is 0.000000150. The smallest absolute Gasteiger partial charge is 0.0540 e. The van der Waals surface area contributed by atoms with Crippen molar-refractivity contribution in [2.45, 2.75) is 0 Å². The van der Waals surface area contributed by atoms with Crippen LogP contribution in [0.1, 0.15) is 0 Å². The van der Waals surface area contributed by atoms with Gasteiger partial charge in [0, 0.05) is 85.5 Å². The molecule has 0 N–H and O–H groups in total. The van der Waals surface area contributed by atoms with Crippen molar-refractivity contribution in [3.8, 4) is 89.0 Å². The lowest BCUT2D eigenvalue weighted by Crippen LogP contribution is -2.11. The number of para-hydroxylation sites is 2. The van der Waals surface area contributed by atoms with E-state index in [2.05, 4.69) is 410 Å². The molecule has 2 aromatic heterocycles. The molecule has 0 bridgehead atoms. The fraction of sp³-hybridized carbons (Fsp3) is 0. The molecule has 2 heterocycles. The van der Waals surface area contributed by atoms with Gasteiger partial charge >= 0.3 is 0 Å². The number of fused-ring (bicyclic) bond motifs is 6. The summed E-state index contributed by atoms with van der Waals surface area (Å²) in [5, 5.41) is 5.24. The highest BCUT2D eigenvalue weighted by Crippen LogP contribution is 2.48. The van der Waals surface area contributed by atoms with E-state index in [1.165, 1.54) is 129 Å². The van der Waals surface area contributed by atoms with Gasteiger partial charge in [-0.1, -0.05) is 297 Å². The van der Waals surface area contributed by atoms with Gasteiger partial charge in [0.05, 0.1) is 5.69 Å². The topological polar surface area (TPSA) is 6.48 Å². The van der Waals surface area contributed by atoms with Crippen molar-refractivity contribution < 1.29 is 0 Å². The van der Waals surface area contributed by atoms with Crippen LogP contribution in [-0.2, 0) is 0 Å². The molecule has 0 aliphatic carbocycles. The summed E-state index contributed by atoms with van der Waals surface area (Å²) in [5.41, 5.74) is 26.2. The average molecular weight is 1310 g/mol. The maximum Gasteiger partial charge on any atom is 0.0540 e. The summed E-state index contributed by atoms with van der Waals surface area (Å²) in [6.07, 6.45) is 0. The molecule has 100 heavy (non-hydrogen) atoms. The van der Waals surface area contributed by atoms with E-state index in [9.17, 15) is 0 Å². The molecule has 0 aliphatic heterocycles. The van der Waals surface area contributed by atoms with E-state index in [1.807, 2.05) is 22.7 Å². The van der Waals surface area contributed by atoms with E-state index in [0.717, 1.165) is 34.1 Å². The van der Waals surface area contributed by atoms with Crippen molar-refractivity contribution in [1.29, 1.82) is 0 Å². The molecule has 0 aliphatic rings. The van der Waals surface area contributed by atoms with Gasteiger partial charge in [0.2, 0.25) is 0 Å². The quantitative estimate of drug-likeness (QED) is 0.107. The first kappa shape index (κ1) is 61.2. The molecule has 18 rings (SSSR count). The van der Waals surface area contributed by atoms with Crippen LogP contribution in [0.2, 0.25) is 0 Å². The Morgan fingerprint density at radius 2 is 0.420 bits per heavy atom. The number of nitrogens with zero attached hydrogens (tertiary/aromatic N) is 2. The van der Waals surface area contributed by atoms with Crippen molar-refractivity contribution in [3.05, 3.63) is 400 Å². The van der Waals surface area contributed by atoms with Gasteiger partial charge in [-0.25, -0.2) is 0 Å². The Bertz CT molecular complexity index is 5820. The lowest BCUT2D eigenvalue weighted by Gasteiger charge is -2.28. The van der Waals surface area contributed by atoms with Crippen LogP contribution < -0.4 is 9.80 Å². The third-order valence-corrected chi connectivity index (χ3v) is 21.4. The first-order chi connectivity index (χ1) is 49.6. The number of thiophene rings is 2. The summed E-state index contributed by atoms with van der Waals surface area (Å²) in [6, 6.07) is 144. The third-order valence-electron chi connectivity index (χ3n) is 19.0. The van der Waals surface area contributed by atoms with Gasteiger partial charge in [-0.2, -0.15) is 0 Å². The van der Waals surface area contributed by atoms with E-state index in [0.29, 0.717) is 0 Å². The Morgan fingerprint density at radius 1 is 0.160 bits per heavy atom. The largest absolute Gasteiger partial charge is 0.311 e. The minimum atomic E-state index is 1.11. The Labute approximate surface area is 592 Å². The Morgan fingerprint density at radius 3 is 0.810 bits per heavy atom. The van der Waals surface area contributed by atoms with Gasteiger partial charge in [-0.3, -0.25) is 0 Å². The van der Waals surface area contributed by atoms with E-state index >= 15 is 0 Å². The first-order valence-corrected chi connectivity index (χ1v) is 35.7. The van der Waals surface area contributed by atoms with Crippen LogP contribution in [0.3, 0.4) is 0 Å². The second kappa shape index (κ2) is 27.6. The predicted molar refractivity (Wildman–Crippen MR) is 432 cm³/mol. The maximum atomic E-state index is 2.39. The number of hydrogen-bond donors (Lipinski definition) is 0. The normalized spacial score (nSPS) is 11.2. The van der Waals surface area contributed by atoms with Crippen LogP contribution in [0.4, 0.5) is 34.1 Å². The van der Waals surface area contributed by atoms with E-state index in [4.69, 9.17) is 0 Å². The van der Waals surface area contributed by atoms with E-state index in [1.54, 1.807) is 0 Å². The van der Waals surface area contributed by atoms with Crippen LogP contribution in [0.15, 0.2) is 400 Å². The highest BCUT2D eigenvalue weighted by Gasteiger charge is 2.21.